The molecule has 3 rings (SSSR count). The maximum atomic E-state index is 6.10. The third-order valence-corrected chi connectivity index (χ3v) is 4.73. The average molecular weight is 425 g/mol. The maximum absolute atomic E-state index is 6.10. The molecule has 0 aromatic carbocycles. The first-order chi connectivity index (χ1) is 10.2. The van der Waals surface area contributed by atoms with Crippen molar-refractivity contribution in [3.63, 3.8) is 0 Å². The van der Waals surface area contributed by atoms with Gasteiger partial charge in [0.25, 0.3) is 0 Å². The molecule has 0 amide bonds. The van der Waals surface area contributed by atoms with E-state index in [2.05, 4.69) is 16.8 Å². The van der Waals surface area contributed by atoms with E-state index in [-0.39, 0.29) is 30.1 Å². The van der Waals surface area contributed by atoms with Crippen molar-refractivity contribution in [1.29, 1.82) is 0 Å². The van der Waals surface area contributed by atoms with E-state index in [1.54, 1.807) is 0 Å². The molecule has 6 nitrogen and oxygen atoms in total. The number of halogens is 1. The van der Waals surface area contributed by atoms with E-state index < -0.39 is 5.79 Å². The highest BCUT2D eigenvalue weighted by molar-refractivity contribution is 14.0. The molecule has 3 heterocycles. The van der Waals surface area contributed by atoms with E-state index in [0.29, 0.717) is 32.3 Å². The molecule has 3 saturated heterocycles. The lowest BCUT2D eigenvalue weighted by Gasteiger charge is -2.32. The molecule has 7 heteroatoms. The van der Waals surface area contributed by atoms with E-state index >= 15 is 0 Å². The molecule has 2 N–H and O–H groups in total. The fourth-order valence-electron chi connectivity index (χ4n) is 3.18. The normalized spacial score (nSPS) is 29.6. The van der Waals surface area contributed by atoms with Gasteiger partial charge in [0.05, 0.1) is 26.4 Å². The summed E-state index contributed by atoms with van der Waals surface area (Å²) >= 11 is 0. The van der Waals surface area contributed by atoms with Crippen LogP contribution in [-0.4, -0.2) is 62.2 Å². The van der Waals surface area contributed by atoms with Crippen LogP contribution in [0, 0.1) is 5.92 Å². The minimum absolute atomic E-state index is 0. The van der Waals surface area contributed by atoms with Crippen LogP contribution in [0.1, 0.15) is 32.6 Å². The van der Waals surface area contributed by atoms with Crippen molar-refractivity contribution in [2.45, 2.75) is 44.5 Å². The number of ether oxygens (including phenoxy) is 3. The van der Waals surface area contributed by atoms with Crippen LogP contribution in [0.2, 0.25) is 0 Å². The van der Waals surface area contributed by atoms with Crippen LogP contribution < -0.4 is 5.73 Å². The molecule has 1 spiro atoms. The fourth-order valence-corrected chi connectivity index (χ4v) is 3.18. The van der Waals surface area contributed by atoms with Crippen LogP contribution in [0.5, 0.6) is 0 Å². The Labute approximate surface area is 149 Å². The molecule has 22 heavy (non-hydrogen) atoms. The molecule has 0 bridgehead atoms. The molecular weight excluding hydrogens is 397 g/mol. The second kappa shape index (κ2) is 8.12. The summed E-state index contributed by atoms with van der Waals surface area (Å²) in [5, 5.41) is 0. The lowest BCUT2D eigenvalue weighted by molar-refractivity contribution is -0.210. The average Bonchev–Trinajstić information content (AvgIpc) is 2.89. The molecule has 128 valence electrons. The van der Waals surface area contributed by atoms with Gasteiger partial charge in [-0.15, -0.1) is 24.0 Å². The molecule has 0 aromatic rings. The largest absolute Gasteiger partial charge is 0.381 e. The van der Waals surface area contributed by atoms with Gasteiger partial charge in [-0.3, -0.25) is 4.99 Å². The molecule has 0 aliphatic carbocycles. The quantitative estimate of drug-likeness (QED) is 0.413. The Hall–Kier alpha value is -0.120. The first-order valence-electron chi connectivity index (χ1n) is 8.11. The third-order valence-electron chi connectivity index (χ3n) is 4.73. The number of piperidine rings is 1. The first kappa shape index (κ1) is 18.2. The van der Waals surface area contributed by atoms with E-state index in [4.69, 9.17) is 19.9 Å². The highest BCUT2D eigenvalue weighted by Crippen LogP contribution is 2.33. The SMILES string of the molecule is CC1CCN(C(N)=NCC2COC3(CCOCC3)O2)CC1.I. The topological polar surface area (TPSA) is 69.3 Å². The van der Waals surface area contributed by atoms with Crippen molar-refractivity contribution in [2.75, 3.05) is 39.5 Å². The predicted octanol–water partition coefficient (Wildman–Crippen LogP) is 1.57. The van der Waals surface area contributed by atoms with Crippen LogP contribution in [0.4, 0.5) is 0 Å². The van der Waals surface area contributed by atoms with Crippen molar-refractivity contribution < 1.29 is 14.2 Å². The first-order valence-corrected chi connectivity index (χ1v) is 8.11. The molecule has 0 saturated carbocycles. The number of nitrogens with zero attached hydrogens (tertiary/aromatic N) is 2. The Bertz CT molecular complexity index is 380. The molecule has 3 fully saturated rings. The summed E-state index contributed by atoms with van der Waals surface area (Å²) in [5.41, 5.74) is 6.10. The minimum Gasteiger partial charge on any atom is -0.381 e. The van der Waals surface area contributed by atoms with E-state index in [9.17, 15) is 0 Å². The van der Waals surface area contributed by atoms with Gasteiger partial charge in [0.15, 0.2) is 11.7 Å². The summed E-state index contributed by atoms with van der Waals surface area (Å²) in [6.45, 7) is 6.93. The number of hydrogen-bond donors (Lipinski definition) is 1. The van der Waals surface area contributed by atoms with Gasteiger partial charge in [0, 0.05) is 25.9 Å². The molecule has 3 aliphatic rings. The molecule has 0 aromatic heterocycles. The maximum Gasteiger partial charge on any atom is 0.191 e. The highest BCUT2D eigenvalue weighted by Gasteiger charge is 2.42. The summed E-state index contributed by atoms with van der Waals surface area (Å²) in [6, 6.07) is 0. The van der Waals surface area contributed by atoms with Gasteiger partial charge in [-0.25, -0.2) is 0 Å². The van der Waals surface area contributed by atoms with Crippen molar-refractivity contribution in [3.8, 4) is 0 Å². The van der Waals surface area contributed by atoms with Crippen LogP contribution in [-0.2, 0) is 14.2 Å². The van der Waals surface area contributed by atoms with Crippen LogP contribution in [0.25, 0.3) is 0 Å². The number of guanidine groups is 1. The lowest BCUT2D eigenvalue weighted by Crippen LogP contribution is -2.43. The standard InChI is InChI=1S/C15H27N3O3.HI/c1-12-2-6-18(7-3-12)14(16)17-10-13-11-20-15(21-13)4-8-19-9-5-15;/h12-13H,2-11H2,1H3,(H2,16,17);1H. The van der Waals surface area contributed by atoms with Crippen LogP contribution in [0.3, 0.4) is 0 Å². The number of likely N-dealkylation sites (tertiary alicyclic amines) is 1. The van der Waals surface area contributed by atoms with Crippen molar-refractivity contribution in [1.82, 2.24) is 4.90 Å². The lowest BCUT2D eigenvalue weighted by atomic mass is 10.00. The van der Waals surface area contributed by atoms with Gasteiger partial charge in [0.2, 0.25) is 0 Å². The summed E-state index contributed by atoms with van der Waals surface area (Å²) in [4.78, 5) is 6.70. The Morgan fingerprint density at radius 1 is 1.27 bits per heavy atom. The van der Waals surface area contributed by atoms with Gasteiger partial charge in [-0.2, -0.15) is 0 Å². The Morgan fingerprint density at radius 3 is 2.64 bits per heavy atom. The Kier molecular flexibility index (Phi) is 6.73. The Morgan fingerprint density at radius 2 is 1.95 bits per heavy atom. The summed E-state index contributed by atoms with van der Waals surface area (Å²) in [6.07, 6.45) is 4.04. The Balaban J connectivity index is 0.00000176. The van der Waals surface area contributed by atoms with E-state index in [1.165, 1.54) is 12.8 Å². The second-order valence-corrected chi connectivity index (χ2v) is 6.44. The molecule has 3 aliphatic heterocycles. The molecule has 1 atom stereocenters. The predicted molar refractivity (Wildman–Crippen MR) is 95.5 cm³/mol. The second-order valence-electron chi connectivity index (χ2n) is 6.44. The summed E-state index contributed by atoms with van der Waals surface area (Å²) < 4.78 is 17.3. The van der Waals surface area contributed by atoms with Crippen LogP contribution in [0.15, 0.2) is 4.99 Å². The fraction of sp³-hybridized carbons (Fsp3) is 0.933. The number of rotatable bonds is 2. The van der Waals surface area contributed by atoms with Gasteiger partial charge in [-0.05, 0) is 18.8 Å². The zero-order valence-electron chi connectivity index (χ0n) is 13.3. The molecule has 1 unspecified atom stereocenters. The number of aliphatic imine (C=N–C) groups is 1. The van der Waals surface area contributed by atoms with E-state index in [1.807, 2.05) is 0 Å². The number of nitrogens with two attached hydrogens (primary N) is 1. The van der Waals surface area contributed by atoms with Crippen molar-refractivity contribution in [2.24, 2.45) is 16.6 Å². The summed E-state index contributed by atoms with van der Waals surface area (Å²) in [7, 11) is 0. The zero-order valence-corrected chi connectivity index (χ0v) is 15.7. The van der Waals surface area contributed by atoms with Gasteiger partial charge < -0.3 is 24.8 Å². The third kappa shape index (κ3) is 4.46. The zero-order chi connectivity index (χ0) is 14.7. The molecular formula is C15H28IN3O3. The van der Waals surface area contributed by atoms with Gasteiger partial charge in [-0.1, -0.05) is 6.92 Å². The minimum atomic E-state index is -0.423. The van der Waals surface area contributed by atoms with E-state index in [0.717, 1.165) is 31.8 Å². The summed E-state index contributed by atoms with van der Waals surface area (Å²) in [5.74, 6) is 1.03. The van der Waals surface area contributed by atoms with Crippen LogP contribution >= 0.6 is 24.0 Å². The molecule has 0 radical (unpaired) electrons. The van der Waals surface area contributed by atoms with Crippen molar-refractivity contribution >= 4 is 29.9 Å². The monoisotopic (exact) mass is 425 g/mol. The van der Waals surface area contributed by atoms with Crippen molar-refractivity contribution in [3.05, 3.63) is 0 Å². The highest BCUT2D eigenvalue weighted by atomic mass is 127. The number of hydrogen-bond acceptors (Lipinski definition) is 4. The van der Waals surface area contributed by atoms with Gasteiger partial charge in [0.1, 0.15) is 6.10 Å². The smallest absolute Gasteiger partial charge is 0.191 e. The van der Waals surface area contributed by atoms with Gasteiger partial charge >= 0.3 is 0 Å².